The lowest BCUT2D eigenvalue weighted by atomic mass is 9.78. The zero-order valence-electron chi connectivity index (χ0n) is 17.5. The number of nitrogens with one attached hydrogen (secondary N) is 2. The Kier molecular flexibility index (Phi) is 4.33. The molecule has 0 amide bonds. The number of amidine groups is 1. The van der Waals surface area contributed by atoms with Crippen LogP contribution in [0.4, 0.5) is 0 Å². The van der Waals surface area contributed by atoms with E-state index in [0.717, 1.165) is 62.0 Å². The van der Waals surface area contributed by atoms with Gasteiger partial charge in [0.15, 0.2) is 5.78 Å². The summed E-state index contributed by atoms with van der Waals surface area (Å²) in [5, 5.41) is 6.67. The van der Waals surface area contributed by atoms with Crippen molar-refractivity contribution in [2.45, 2.75) is 62.9 Å². The van der Waals surface area contributed by atoms with Gasteiger partial charge in [-0.05, 0) is 42.9 Å². The van der Waals surface area contributed by atoms with Crippen LogP contribution in [0, 0.1) is 0 Å². The fourth-order valence-electron chi connectivity index (χ4n) is 5.52. The maximum Gasteiger partial charge on any atom is 0.297 e. The fraction of sp³-hybridized carbons (Fsp3) is 0.400. The lowest BCUT2D eigenvalue weighted by Crippen LogP contribution is -2.50. The highest BCUT2D eigenvalue weighted by Gasteiger charge is 2.46. The first-order chi connectivity index (χ1) is 15.2. The normalized spacial score (nSPS) is 26.2. The van der Waals surface area contributed by atoms with E-state index in [4.69, 9.17) is 14.7 Å². The second-order valence-electron chi connectivity index (χ2n) is 8.96. The molecule has 1 aromatic carbocycles. The van der Waals surface area contributed by atoms with E-state index < -0.39 is 0 Å². The summed E-state index contributed by atoms with van der Waals surface area (Å²) >= 11 is 0. The number of ether oxygens (including phenoxy) is 1. The van der Waals surface area contributed by atoms with E-state index in [0.29, 0.717) is 18.4 Å². The zero-order chi connectivity index (χ0) is 20.8. The van der Waals surface area contributed by atoms with Crippen molar-refractivity contribution in [3.8, 4) is 0 Å². The molecule has 6 rings (SSSR count). The van der Waals surface area contributed by atoms with Gasteiger partial charge in [-0.1, -0.05) is 49.2 Å². The zero-order valence-corrected chi connectivity index (χ0v) is 17.5. The Morgan fingerprint density at radius 1 is 1.06 bits per heavy atom. The Bertz CT molecular complexity index is 1090. The number of hydrogen-bond donors (Lipinski definition) is 2. The van der Waals surface area contributed by atoms with E-state index in [1.165, 1.54) is 11.1 Å². The number of hydrogen-bond acceptors (Lipinski definition) is 6. The second kappa shape index (κ2) is 7.22. The third-order valence-corrected chi connectivity index (χ3v) is 6.95. The molecule has 2 heterocycles. The monoisotopic (exact) mass is 414 g/mol. The van der Waals surface area contributed by atoms with Crippen molar-refractivity contribution in [3.05, 3.63) is 65.1 Å². The maximum atomic E-state index is 12.7. The van der Waals surface area contributed by atoms with E-state index >= 15 is 0 Å². The van der Waals surface area contributed by atoms with Crippen LogP contribution >= 0.6 is 0 Å². The summed E-state index contributed by atoms with van der Waals surface area (Å²) in [5.41, 5.74) is 4.09. The third-order valence-electron chi connectivity index (χ3n) is 6.95. The van der Waals surface area contributed by atoms with Crippen LogP contribution < -0.4 is 10.6 Å². The van der Waals surface area contributed by atoms with Crippen molar-refractivity contribution < 1.29 is 9.53 Å². The molecule has 2 aliphatic heterocycles. The molecule has 6 nitrogen and oxygen atoms in total. The molecule has 3 aliphatic carbocycles. The highest BCUT2D eigenvalue weighted by atomic mass is 16.5. The lowest BCUT2D eigenvalue weighted by molar-refractivity contribution is -0.116. The number of ketones is 1. The second-order valence-corrected chi connectivity index (χ2v) is 8.96. The molecule has 0 aromatic heterocycles. The summed E-state index contributed by atoms with van der Waals surface area (Å²) in [6.45, 7) is 0. The van der Waals surface area contributed by atoms with Crippen LogP contribution in [-0.2, 0) is 9.53 Å². The van der Waals surface area contributed by atoms with Gasteiger partial charge in [0.1, 0.15) is 11.8 Å². The summed E-state index contributed by atoms with van der Waals surface area (Å²) < 4.78 is 6.01. The summed E-state index contributed by atoms with van der Waals surface area (Å²) in [5.74, 6) is 1.79. The highest BCUT2D eigenvalue weighted by molar-refractivity contribution is 6.04. The van der Waals surface area contributed by atoms with Gasteiger partial charge in [0.25, 0.3) is 6.02 Å². The van der Waals surface area contributed by atoms with Crippen molar-refractivity contribution in [2.24, 2.45) is 9.98 Å². The molecule has 0 saturated heterocycles. The molecule has 6 heteroatoms. The molecular weight excluding hydrogens is 388 g/mol. The Morgan fingerprint density at radius 2 is 1.90 bits per heavy atom. The number of allylic oxidation sites excluding steroid dienone is 3. The average Bonchev–Trinajstić information content (AvgIpc) is 3.40. The number of nitrogens with zero attached hydrogens (tertiary/aromatic N) is 2. The van der Waals surface area contributed by atoms with Crippen molar-refractivity contribution >= 4 is 23.3 Å². The fourth-order valence-corrected chi connectivity index (χ4v) is 5.52. The van der Waals surface area contributed by atoms with E-state index in [9.17, 15) is 4.79 Å². The minimum absolute atomic E-state index is 0.0154. The van der Waals surface area contributed by atoms with Gasteiger partial charge in [-0.25, -0.2) is 9.98 Å². The minimum atomic E-state index is -0.367. The van der Waals surface area contributed by atoms with Gasteiger partial charge < -0.3 is 10.1 Å². The number of aliphatic imine (C=N–C) groups is 2. The molecule has 2 N–H and O–H groups in total. The Morgan fingerprint density at radius 3 is 2.74 bits per heavy atom. The standard InChI is InChI=1S/C25H26N4O2/c30-20-10-6-9-18-22(20)25(13-4-5-14-25)29-23(26-18)28-24-27-19-15-17(11-12-21(19)31-24)16-7-2-1-3-8-16/h1-3,7-8,11-12,19H,4-6,9-10,13-15H2,(H2,26,27,28,29). The Balaban J connectivity index is 1.22. The number of carbonyl (C=O) groups is 1. The van der Waals surface area contributed by atoms with Gasteiger partial charge in [0, 0.05) is 24.1 Å². The van der Waals surface area contributed by atoms with Crippen molar-refractivity contribution in [3.63, 3.8) is 0 Å². The smallest absolute Gasteiger partial charge is 0.297 e. The van der Waals surface area contributed by atoms with Gasteiger partial charge in [-0.2, -0.15) is 0 Å². The third kappa shape index (κ3) is 3.21. The number of fused-ring (bicyclic) bond motifs is 2. The van der Waals surface area contributed by atoms with Crippen LogP contribution in [0.3, 0.4) is 0 Å². The lowest BCUT2D eigenvalue weighted by Gasteiger charge is -2.37. The first-order valence-corrected chi connectivity index (χ1v) is 11.3. The van der Waals surface area contributed by atoms with E-state index in [1.54, 1.807) is 0 Å². The molecule has 0 bridgehead atoms. The first kappa shape index (κ1) is 18.6. The van der Waals surface area contributed by atoms with E-state index in [1.807, 2.05) is 12.1 Å². The van der Waals surface area contributed by atoms with Crippen molar-refractivity contribution in [1.29, 1.82) is 0 Å². The summed E-state index contributed by atoms with van der Waals surface area (Å²) in [6, 6.07) is 10.9. The summed E-state index contributed by atoms with van der Waals surface area (Å²) in [7, 11) is 0. The van der Waals surface area contributed by atoms with Gasteiger partial charge in [-0.15, -0.1) is 0 Å². The largest absolute Gasteiger partial charge is 0.428 e. The number of Topliss-reactive ketones (excluding diaryl/α,β-unsaturated/α-hetero) is 1. The minimum Gasteiger partial charge on any atom is -0.428 e. The summed E-state index contributed by atoms with van der Waals surface area (Å²) in [4.78, 5) is 22.5. The first-order valence-electron chi connectivity index (χ1n) is 11.3. The molecule has 1 fully saturated rings. The van der Waals surface area contributed by atoms with Gasteiger partial charge in [0.2, 0.25) is 5.96 Å². The molecule has 31 heavy (non-hydrogen) atoms. The number of guanidine groups is 1. The molecular formula is C25H26N4O2. The molecule has 1 aromatic rings. The molecule has 1 unspecified atom stereocenters. The Labute approximate surface area is 181 Å². The number of rotatable bonds is 1. The quantitative estimate of drug-likeness (QED) is 0.729. The van der Waals surface area contributed by atoms with Crippen LogP contribution in [0.5, 0.6) is 0 Å². The Hall–Kier alpha value is -3.15. The van der Waals surface area contributed by atoms with Crippen LogP contribution in [0.1, 0.15) is 56.9 Å². The van der Waals surface area contributed by atoms with Crippen LogP contribution in [0.2, 0.25) is 0 Å². The maximum absolute atomic E-state index is 12.7. The molecule has 1 atom stereocenters. The molecule has 158 valence electrons. The summed E-state index contributed by atoms with van der Waals surface area (Å²) in [6.07, 6.45) is 11.5. The number of carbonyl (C=O) groups excluding carboxylic acids is 1. The molecule has 5 aliphatic rings. The predicted molar refractivity (Wildman–Crippen MR) is 120 cm³/mol. The molecule has 1 spiro atoms. The van der Waals surface area contributed by atoms with Crippen molar-refractivity contribution in [2.75, 3.05) is 0 Å². The topological polar surface area (TPSA) is 75.1 Å². The van der Waals surface area contributed by atoms with Gasteiger partial charge >= 0.3 is 0 Å². The number of benzene rings is 1. The average molecular weight is 415 g/mol. The van der Waals surface area contributed by atoms with Gasteiger partial charge in [-0.3, -0.25) is 10.1 Å². The highest BCUT2D eigenvalue weighted by Crippen LogP contribution is 2.45. The predicted octanol–water partition coefficient (Wildman–Crippen LogP) is 3.98. The molecule has 0 radical (unpaired) electrons. The van der Waals surface area contributed by atoms with E-state index in [-0.39, 0.29) is 17.4 Å². The van der Waals surface area contributed by atoms with Crippen molar-refractivity contribution in [1.82, 2.24) is 10.6 Å². The van der Waals surface area contributed by atoms with Gasteiger partial charge in [0.05, 0.1) is 5.54 Å². The van der Waals surface area contributed by atoms with Crippen LogP contribution in [0.15, 0.2) is 69.5 Å². The molecule has 1 saturated carbocycles. The van der Waals surface area contributed by atoms with E-state index in [2.05, 4.69) is 41.0 Å². The van der Waals surface area contributed by atoms with Crippen LogP contribution in [-0.4, -0.2) is 29.3 Å². The van der Waals surface area contributed by atoms with Crippen LogP contribution in [0.25, 0.3) is 5.57 Å². The SMILES string of the molecule is O=C1CCCC2=C1C1(CCCC1)N=C(NC1=NC3CC(c4ccccc4)=CC=C3O1)N2.